The van der Waals surface area contributed by atoms with Crippen molar-refractivity contribution in [1.82, 2.24) is 10.3 Å². The van der Waals surface area contributed by atoms with Crippen LogP contribution in [0, 0.1) is 0 Å². The zero-order valence-electron chi connectivity index (χ0n) is 7.56. The molecule has 2 aromatic rings. The van der Waals surface area contributed by atoms with E-state index in [-0.39, 0.29) is 0 Å². The third kappa shape index (κ3) is 2.31. The molecule has 14 heavy (non-hydrogen) atoms. The van der Waals surface area contributed by atoms with Gasteiger partial charge in [0.05, 0.1) is 0 Å². The molecule has 0 fully saturated rings. The standard InChI is InChI=1S/C9H11N3S2/c10-7-1-3-13-8(7)5-11-6-9-12-2-4-14-9/h1-4,11H,5-6,10H2. The van der Waals surface area contributed by atoms with E-state index < -0.39 is 0 Å². The number of anilines is 1. The number of nitrogens with zero attached hydrogens (tertiary/aromatic N) is 1. The molecule has 2 aromatic heterocycles. The number of rotatable bonds is 4. The molecule has 0 unspecified atom stereocenters. The third-order valence-corrected chi connectivity index (χ3v) is 3.54. The van der Waals surface area contributed by atoms with Gasteiger partial charge in [0.15, 0.2) is 0 Å². The van der Waals surface area contributed by atoms with Crippen LogP contribution < -0.4 is 11.1 Å². The Morgan fingerprint density at radius 3 is 2.86 bits per heavy atom. The second-order valence-electron chi connectivity index (χ2n) is 2.83. The average Bonchev–Trinajstić information content (AvgIpc) is 2.78. The Bertz CT molecular complexity index is 380. The molecule has 0 bridgehead atoms. The molecule has 2 heterocycles. The van der Waals surface area contributed by atoms with Gasteiger partial charge in [0.25, 0.3) is 0 Å². The van der Waals surface area contributed by atoms with Crippen molar-refractivity contribution >= 4 is 28.4 Å². The van der Waals surface area contributed by atoms with Crippen molar-refractivity contribution < 1.29 is 0 Å². The molecule has 0 saturated carbocycles. The third-order valence-electron chi connectivity index (χ3n) is 1.83. The lowest BCUT2D eigenvalue weighted by molar-refractivity contribution is 0.698. The summed E-state index contributed by atoms with van der Waals surface area (Å²) in [5.41, 5.74) is 6.63. The van der Waals surface area contributed by atoms with Crippen LogP contribution in [0.2, 0.25) is 0 Å². The van der Waals surface area contributed by atoms with Crippen molar-refractivity contribution in [2.24, 2.45) is 0 Å². The van der Waals surface area contributed by atoms with Gasteiger partial charge in [0, 0.05) is 35.2 Å². The van der Waals surface area contributed by atoms with Crippen molar-refractivity contribution in [3.05, 3.63) is 32.9 Å². The second kappa shape index (κ2) is 4.54. The lowest BCUT2D eigenvalue weighted by Gasteiger charge is -2.00. The van der Waals surface area contributed by atoms with Gasteiger partial charge in [-0.3, -0.25) is 0 Å². The maximum absolute atomic E-state index is 5.76. The van der Waals surface area contributed by atoms with E-state index in [2.05, 4.69) is 10.3 Å². The predicted molar refractivity (Wildman–Crippen MR) is 61.4 cm³/mol. The first kappa shape index (κ1) is 9.64. The lowest BCUT2D eigenvalue weighted by Crippen LogP contribution is -2.12. The fourth-order valence-electron chi connectivity index (χ4n) is 1.12. The van der Waals surface area contributed by atoms with E-state index in [1.165, 1.54) is 4.88 Å². The maximum Gasteiger partial charge on any atom is 0.106 e. The topological polar surface area (TPSA) is 50.9 Å². The number of thiophene rings is 1. The molecule has 0 aromatic carbocycles. The van der Waals surface area contributed by atoms with Gasteiger partial charge >= 0.3 is 0 Å². The minimum atomic E-state index is 0.814. The molecule has 0 aliphatic heterocycles. The zero-order valence-corrected chi connectivity index (χ0v) is 9.20. The van der Waals surface area contributed by atoms with Crippen molar-refractivity contribution in [3.63, 3.8) is 0 Å². The van der Waals surface area contributed by atoms with Gasteiger partial charge in [-0.1, -0.05) is 0 Å². The van der Waals surface area contributed by atoms with Crippen LogP contribution in [0.15, 0.2) is 23.0 Å². The molecule has 0 aliphatic carbocycles. The summed E-state index contributed by atoms with van der Waals surface area (Å²) in [5, 5.41) is 8.41. The molecule has 2 rings (SSSR count). The van der Waals surface area contributed by atoms with Crippen molar-refractivity contribution in [2.45, 2.75) is 13.1 Å². The molecule has 74 valence electrons. The summed E-state index contributed by atoms with van der Waals surface area (Å²) < 4.78 is 0. The van der Waals surface area contributed by atoms with Gasteiger partial charge in [0.2, 0.25) is 0 Å². The fourth-order valence-corrected chi connectivity index (χ4v) is 2.47. The quantitative estimate of drug-likeness (QED) is 0.837. The van der Waals surface area contributed by atoms with Gasteiger partial charge in [-0.25, -0.2) is 4.98 Å². The van der Waals surface area contributed by atoms with Gasteiger partial charge in [-0.2, -0.15) is 0 Å². The highest BCUT2D eigenvalue weighted by Gasteiger charge is 2.00. The monoisotopic (exact) mass is 225 g/mol. The Kier molecular flexibility index (Phi) is 3.13. The number of nitrogens with one attached hydrogen (secondary N) is 1. The highest BCUT2D eigenvalue weighted by molar-refractivity contribution is 7.10. The Morgan fingerprint density at radius 2 is 2.21 bits per heavy atom. The Labute approximate surface area is 90.6 Å². The van der Waals surface area contributed by atoms with E-state index in [4.69, 9.17) is 5.73 Å². The molecule has 3 N–H and O–H groups in total. The van der Waals surface area contributed by atoms with Crippen LogP contribution in [0.25, 0.3) is 0 Å². The van der Waals surface area contributed by atoms with E-state index in [0.717, 1.165) is 23.8 Å². The van der Waals surface area contributed by atoms with E-state index in [0.29, 0.717) is 0 Å². The van der Waals surface area contributed by atoms with Crippen LogP contribution in [0.1, 0.15) is 9.88 Å². The van der Waals surface area contributed by atoms with Crippen LogP contribution in [0.4, 0.5) is 5.69 Å². The Hall–Kier alpha value is -0.910. The molecular formula is C9H11N3S2. The van der Waals surface area contributed by atoms with E-state index in [1.807, 2.05) is 23.0 Å². The number of aromatic nitrogens is 1. The number of thiazole rings is 1. The van der Waals surface area contributed by atoms with Crippen molar-refractivity contribution in [2.75, 3.05) is 5.73 Å². The van der Waals surface area contributed by atoms with E-state index in [1.54, 1.807) is 22.7 Å². The summed E-state index contributed by atoms with van der Waals surface area (Å²) in [6.45, 7) is 1.64. The minimum Gasteiger partial charge on any atom is -0.398 e. The summed E-state index contributed by atoms with van der Waals surface area (Å²) in [7, 11) is 0. The molecule has 0 spiro atoms. The van der Waals surface area contributed by atoms with Crippen LogP contribution >= 0.6 is 22.7 Å². The van der Waals surface area contributed by atoms with E-state index in [9.17, 15) is 0 Å². The number of hydrogen-bond acceptors (Lipinski definition) is 5. The first-order chi connectivity index (χ1) is 6.86. The summed E-state index contributed by atoms with van der Waals surface area (Å²) >= 11 is 3.35. The summed E-state index contributed by atoms with van der Waals surface area (Å²) in [5.74, 6) is 0. The van der Waals surface area contributed by atoms with E-state index >= 15 is 0 Å². The number of nitrogen functional groups attached to an aromatic ring is 1. The number of nitrogens with two attached hydrogens (primary N) is 1. The molecule has 0 aliphatic rings. The van der Waals surface area contributed by atoms with Crippen molar-refractivity contribution in [1.29, 1.82) is 0 Å². The average molecular weight is 225 g/mol. The van der Waals surface area contributed by atoms with Crippen LogP contribution in [0.5, 0.6) is 0 Å². The normalized spacial score (nSPS) is 10.6. The molecule has 0 atom stereocenters. The van der Waals surface area contributed by atoms with Gasteiger partial charge in [-0.15, -0.1) is 22.7 Å². The number of hydrogen-bond donors (Lipinski definition) is 2. The predicted octanol–water partition coefficient (Wildman–Crippen LogP) is 2.08. The Morgan fingerprint density at radius 1 is 1.29 bits per heavy atom. The van der Waals surface area contributed by atoms with Crippen LogP contribution in [0.3, 0.4) is 0 Å². The van der Waals surface area contributed by atoms with Gasteiger partial charge < -0.3 is 11.1 Å². The molecule has 3 nitrogen and oxygen atoms in total. The first-order valence-electron chi connectivity index (χ1n) is 4.27. The summed E-state index contributed by atoms with van der Waals surface area (Å²) in [6.07, 6.45) is 1.82. The molecule has 0 amide bonds. The molecule has 0 radical (unpaired) electrons. The largest absolute Gasteiger partial charge is 0.398 e. The molecular weight excluding hydrogens is 214 g/mol. The molecule has 5 heteroatoms. The first-order valence-corrected chi connectivity index (χ1v) is 6.03. The zero-order chi connectivity index (χ0) is 9.80. The Balaban J connectivity index is 1.81. The second-order valence-corrected chi connectivity index (χ2v) is 4.81. The lowest BCUT2D eigenvalue weighted by atomic mass is 10.4. The molecule has 0 saturated heterocycles. The SMILES string of the molecule is Nc1ccsc1CNCc1nccs1. The summed E-state index contributed by atoms with van der Waals surface area (Å²) in [6, 6.07) is 1.94. The highest BCUT2D eigenvalue weighted by atomic mass is 32.1. The van der Waals surface area contributed by atoms with Crippen molar-refractivity contribution in [3.8, 4) is 0 Å². The minimum absolute atomic E-state index is 0.814. The van der Waals surface area contributed by atoms with Crippen LogP contribution in [-0.4, -0.2) is 4.98 Å². The fraction of sp³-hybridized carbons (Fsp3) is 0.222. The smallest absolute Gasteiger partial charge is 0.106 e. The maximum atomic E-state index is 5.76. The van der Waals surface area contributed by atoms with Gasteiger partial charge in [0.1, 0.15) is 5.01 Å². The summed E-state index contributed by atoms with van der Waals surface area (Å²) in [4.78, 5) is 5.38. The highest BCUT2D eigenvalue weighted by Crippen LogP contribution is 2.18. The van der Waals surface area contributed by atoms with Crippen LogP contribution in [-0.2, 0) is 13.1 Å². The van der Waals surface area contributed by atoms with Gasteiger partial charge in [-0.05, 0) is 11.4 Å².